The lowest BCUT2D eigenvalue weighted by atomic mass is 9.48. The maximum absolute atomic E-state index is 12.7. The first-order valence-corrected chi connectivity index (χ1v) is 15.1. The van der Waals surface area contributed by atoms with Gasteiger partial charge in [-0.1, -0.05) is 12.1 Å². The molecule has 4 saturated carbocycles. The fourth-order valence-corrected chi connectivity index (χ4v) is 9.41. The number of hydrogen-bond donors (Lipinski definition) is 2. The van der Waals surface area contributed by atoms with Crippen molar-refractivity contribution in [1.82, 2.24) is 9.88 Å². The van der Waals surface area contributed by atoms with Crippen LogP contribution in [0.15, 0.2) is 52.5 Å². The Morgan fingerprint density at radius 3 is 2.44 bits per heavy atom. The minimum atomic E-state index is -0.175. The van der Waals surface area contributed by atoms with E-state index in [9.17, 15) is 9.90 Å². The number of nitrogens with one attached hydrogen (secondary N) is 1. The third kappa shape index (κ3) is 4.04. The van der Waals surface area contributed by atoms with E-state index < -0.39 is 0 Å². The average molecular weight is 540 g/mol. The Kier molecular flexibility index (Phi) is 5.50. The Bertz CT molecular complexity index is 1510. The predicted molar refractivity (Wildman–Crippen MR) is 156 cm³/mol. The van der Waals surface area contributed by atoms with Crippen molar-refractivity contribution >= 4 is 39.8 Å². The molecule has 6 aliphatic rings. The lowest BCUT2D eigenvalue weighted by Gasteiger charge is -2.57. The summed E-state index contributed by atoms with van der Waals surface area (Å²) in [7, 11) is 0. The second kappa shape index (κ2) is 9.00. The number of aliphatic imine (C=N–C) groups is 1. The number of hydrogen-bond acceptors (Lipinski definition) is 5. The Morgan fingerprint density at radius 2 is 1.69 bits per heavy atom. The number of carbonyl (C=O) groups excluding carboxylic acids is 1. The second-order valence-corrected chi connectivity index (χ2v) is 13.4. The minimum absolute atomic E-state index is 0.140. The van der Waals surface area contributed by atoms with Crippen LogP contribution < -0.4 is 0 Å². The van der Waals surface area contributed by atoms with Gasteiger partial charge < -0.3 is 19.7 Å². The third-order valence-corrected chi connectivity index (χ3v) is 10.9. The van der Waals surface area contributed by atoms with Crippen molar-refractivity contribution in [1.29, 1.82) is 0 Å². The molecule has 3 heterocycles. The van der Waals surface area contributed by atoms with Crippen molar-refractivity contribution in [2.45, 2.75) is 43.9 Å². The van der Waals surface area contributed by atoms with Gasteiger partial charge in [0.05, 0.1) is 18.1 Å². The minimum Gasteiger partial charge on any atom is -0.508 e. The molecule has 5 fully saturated rings. The van der Waals surface area contributed by atoms with Crippen molar-refractivity contribution in [2.75, 3.05) is 26.3 Å². The Balaban J connectivity index is 1.12. The number of nitrogens with zero attached hydrogens (tertiary/aromatic N) is 2. The van der Waals surface area contributed by atoms with Crippen molar-refractivity contribution in [3.8, 4) is 16.9 Å². The van der Waals surface area contributed by atoms with E-state index >= 15 is 0 Å². The van der Waals surface area contributed by atoms with Crippen LogP contribution in [0.2, 0.25) is 0 Å². The summed E-state index contributed by atoms with van der Waals surface area (Å²) in [6.07, 6.45) is 11.8. The molecular weight excluding hydrogens is 506 g/mol. The van der Waals surface area contributed by atoms with E-state index in [2.05, 4.69) is 39.1 Å². The molecule has 9 rings (SSSR count). The second-order valence-electron chi connectivity index (χ2n) is 12.3. The van der Waals surface area contributed by atoms with Crippen LogP contribution in [0.5, 0.6) is 5.75 Å². The molecule has 200 valence electrons. The van der Waals surface area contributed by atoms with E-state index in [4.69, 9.17) is 4.74 Å². The largest absolute Gasteiger partial charge is 0.508 e. The van der Waals surface area contributed by atoms with Crippen LogP contribution in [-0.2, 0) is 14.9 Å². The lowest BCUT2D eigenvalue weighted by molar-refractivity contribution is -0.113. The van der Waals surface area contributed by atoms with Crippen LogP contribution in [0.25, 0.3) is 28.1 Å². The number of morpholine rings is 1. The first-order chi connectivity index (χ1) is 19.0. The van der Waals surface area contributed by atoms with Crippen LogP contribution in [0.1, 0.15) is 49.7 Å². The molecule has 2 N–H and O–H groups in total. The summed E-state index contributed by atoms with van der Waals surface area (Å²) in [5.41, 5.74) is 5.60. The monoisotopic (exact) mass is 539 g/mol. The van der Waals surface area contributed by atoms with Crippen LogP contribution in [-0.4, -0.2) is 52.4 Å². The van der Waals surface area contributed by atoms with Crippen LogP contribution in [0, 0.1) is 17.8 Å². The van der Waals surface area contributed by atoms with E-state index in [0.29, 0.717) is 23.9 Å². The number of aromatic nitrogens is 1. The topological polar surface area (TPSA) is 77.9 Å². The number of phenols is 1. The SMILES string of the molecule is O=C1N=C(N2CCOCC2)SC1=Cc1c[nH]c2ccc(-c3ccc(O)c(C45CC6CC(CC(C6)C4)C5)c3)cc12. The molecule has 4 bridgehead atoms. The Labute approximate surface area is 232 Å². The number of aromatic hydroxyl groups is 1. The van der Waals surface area contributed by atoms with Crippen molar-refractivity contribution in [2.24, 2.45) is 22.7 Å². The molecule has 4 aliphatic carbocycles. The number of amidine groups is 1. The van der Waals surface area contributed by atoms with Crippen molar-refractivity contribution in [3.05, 3.63) is 58.6 Å². The number of H-pyrrole nitrogens is 1. The van der Waals surface area contributed by atoms with E-state index in [-0.39, 0.29) is 11.3 Å². The summed E-state index contributed by atoms with van der Waals surface area (Å²) in [6, 6.07) is 12.7. The number of benzene rings is 2. The van der Waals surface area contributed by atoms with Crippen LogP contribution >= 0.6 is 11.8 Å². The standard InChI is InChI=1S/C32H33N3O3S/c36-28-4-2-23(13-26(28)32-15-19-9-20(16-32)11-21(10-19)17-32)22-1-3-27-25(12-22)24(18-33-27)14-29-30(37)34-31(39-29)35-5-7-38-8-6-35/h1-4,12-14,18-21,33,36H,5-11,15-17H2. The number of phenolic OH excluding ortho intramolecular Hbond substituents is 1. The highest BCUT2D eigenvalue weighted by atomic mass is 32.2. The number of carbonyl (C=O) groups is 1. The highest BCUT2D eigenvalue weighted by Crippen LogP contribution is 2.62. The Morgan fingerprint density at radius 1 is 1.00 bits per heavy atom. The third-order valence-electron chi connectivity index (χ3n) is 9.83. The van der Waals surface area contributed by atoms with Gasteiger partial charge in [-0.3, -0.25) is 4.79 Å². The highest BCUT2D eigenvalue weighted by Gasteiger charge is 2.52. The quantitative estimate of drug-likeness (QED) is 0.382. The number of fused-ring (bicyclic) bond motifs is 1. The molecule has 1 saturated heterocycles. The smallest absolute Gasteiger partial charge is 0.286 e. The molecule has 6 nitrogen and oxygen atoms in total. The van der Waals surface area contributed by atoms with Gasteiger partial charge in [0.15, 0.2) is 5.17 Å². The van der Waals surface area contributed by atoms with Gasteiger partial charge in [-0.25, -0.2) is 0 Å². The zero-order valence-corrected chi connectivity index (χ0v) is 22.8. The van der Waals surface area contributed by atoms with E-state index in [1.165, 1.54) is 50.3 Å². The molecule has 0 radical (unpaired) electrons. The molecule has 1 amide bonds. The summed E-state index contributed by atoms with van der Waals surface area (Å²) in [5, 5.41) is 12.9. The molecule has 3 aromatic rings. The molecular formula is C32H33N3O3S. The first kappa shape index (κ1) is 23.8. The van der Waals surface area contributed by atoms with Gasteiger partial charge in [0.25, 0.3) is 5.91 Å². The fourth-order valence-electron chi connectivity index (χ4n) is 8.45. The van der Waals surface area contributed by atoms with E-state index in [0.717, 1.165) is 69.2 Å². The van der Waals surface area contributed by atoms with Gasteiger partial charge in [-0.2, -0.15) is 4.99 Å². The first-order valence-electron chi connectivity index (χ1n) is 14.3. The molecule has 7 heteroatoms. The van der Waals surface area contributed by atoms with Crippen molar-refractivity contribution < 1.29 is 14.6 Å². The molecule has 2 aliphatic heterocycles. The molecule has 0 spiro atoms. The van der Waals surface area contributed by atoms with Gasteiger partial charge >= 0.3 is 0 Å². The Hall–Kier alpha value is -3.03. The zero-order valence-electron chi connectivity index (χ0n) is 22.0. The molecule has 39 heavy (non-hydrogen) atoms. The molecule has 0 atom stereocenters. The van der Waals surface area contributed by atoms with Crippen LogP contribution in [0.3, 0.4) is 0 Å². The van der Waals surface area contributed by atoms with Gasteiger partial charge in [0.2, 0.25) is 0 Å². The molecule has 0 unspecified atom stereocenters. The van der Waals surface area contributed by atoms with Gasteiger partial charge in [-0.05, 0) is 115 Å². The average Bonchev–Trinajstić information content (AvgIpc) is 3.51. The maximum atomic E-state index is 12.7. The molecule has 2 aromatic carbocycles. The summed E-state index contributed by atoms with van der Waals surface area (Å²) in [4.78, 5) is 23.2. The normalized spacial score (nSPS) is 31.0. The number of rotatable bonds is 3. The molecule has 1 aromatic heterocycles. The predicted octanol–water partition coefficient (Wildman–Crippen LogP) is 6.31. The maximum Gasteiger partial charge on any atom is 0.286 e. The number of thioether (sulfide) groups is 1. The van der Waals surface area contributed by atoms with Gasteiger partial charge in [0.1, 0.15) is 5.75 Å². The van der Waals surface area contributed by atoms with Gasteiger partial charge in [0, 0.05) is 41.3 Å². The lowest BCUT2D eigenvalue weighted by Crippen LogP contribution is -2.48. The summed E-state index contributed by atoms with van der Waals surface area (Å²) < 4.78 is 5.44. The fraction of sp³-hybridized carbons (Fsp3) is 0.438. The summed E-state index contributed by atoms with van der Waals surface area (Å²) in [5.74, 6) is 2.77. The van der Waals surface area contributed by atoms with Gasteiger partial charge in [-0.15, -0.1) is 0 Å². The van der Waals surface area contributed by atoms with E-state index in [1.807, 2.05) is 24.4 Å². The van der Waals surface area contributed by atoms with Crippen LogP contribution in [0.4, 0.5) is 0 Å². The van der Waals surface area contributed by atoms with E-state index in [1.54, 1.807) is 0 Å². The number of aromatic amines is 1. The summed E-state index contributed by atoms with van der Waals surface area (Å²) >= 11 is 1.45. The zero-order chi connectivity index (χ0) is 26.1. The summed E-state index contributed by atoms with van der Waals surface area (Å²) in [6.45, 7) is 2.86. The van der Waals surface area contributed by atoms with Crippen molar-refractivity contribution in [3.63, 3.8) is 0 Å². The number of amides is 1. The highest BCUT2D eigenvalue weighted by molar-refractivity contribution is 8.18. The number of ether oxygens (including phenoxy) is 1.